The first kappa shape index (κ1) is 26.2. The van der Waals surface area contributed by atoms with Crippen molar-refractivity contribution in [1.82, 2.24) is 19.6 Å². The number of piperidine rings is 1. The van der Waals surface area contributed by atoms with Crippen LogP contribution in [0.1, 0.15) is 47.7 Å². The highest BCUT2D eigenvalue weighted by atomic mass is 32.2. The molecule has 2 saturated heterocycles. The molecule has 1 unspecified atom stereocenters. The van der Waals surface area contributed by atoms with Gasteiger partial charge in [0, 0.05) is 43.8 Å². The van der Waals surface area contributed by atoms with Gasteiger partial charge in [-0.05, 0) is 49.9 Å². The van der Waals surface area contributed by atoms with Gasteiger partial charge in [-0.2, -0.15) is 4.31 Å². The quantitative estimate of drug-likeness (QED) is 0.492. The number of hydrogen-bond donors (Lipinski definition) is 2. The van der Waals surface area contributed by atoms with Gasteiger partial charge in [-0.15, -0.1) is 0 Å². The van der Waals surface area contributed by atoms with E-state index >= 15 is 4.39 Å². The molecule has 1 amide bonds. The van der Waals surface area contributed by atoms with Crippen molar-refractivity contribution >= 4 is 21.7 Å². The monoisotopic (exact) mass is 539 g/mol. The van der Waals surface area contributed by atoms with Crippen LogP contribution in [0.4, 0.5) is 10.2 Å². The standard InChI is InChI=1S/C27H30FN5O4S/c28-23-15-19(25-26(29)30-16-24(32-25)18-10-13-37-14-11-18)8-9-22(23)27(34)31-20-5-4-12-33(17-20)38(35,36)21-6-2-1-3-7-21/h1-3,6-9,15-16,18,20H,4-5,10-14,17H2,(H2,29,30)(H,31,34). The molecule has 3 N–H and O–H groups in total. The average molecular weight is 540 g/mol. The van der Waals surface area contributed by atoms with Gasteiger partial charge < -0.3 is 15.8 Å². The van der Waals surface area contributed by atoms with Gasteiger partial charge in [0.25, 0.3) is 5.91 Å². The van der Waals surface area contributed by atoms with E-state index < -0.39 is 27.8 Å². The molecule has 2 aliphatic heterocycles. The van der Waals surface area contributed by atoms with Gasteiger partial charge >= 0.3 is 0 Å². The maximum absolute atomic E-state index is 15.1. The Bertz CT molecular complexity index is 1410. The molecule has 0 bridgehead atoms. The normalized spacial score (nSPS) is 19.2. The number of nitrogen functional groups attached to an aromatic ring is 1. The number of halogens is 1. The molecular weight excluding hydrogens is 509 g/mol. The maximum atomic E-state index is 15.1. The fraction of sp³-hybridized carbons (Fsp3) is 0.370. The summed E-state index contributed by atoms with van der Waals surface area (Å²) in [6.45, 7) is 1.79. The number of nitrogens with two attached hydrogens (primary N) is 1. The Morgan fingerprint density at radius 2 is 1.87 bits per heavy atom. The van der Waals surface area contributed by atoms with E-state index in [1.807, 2.05) is 0 Å². The van der Waals surface area contributed by atoms with Gasteiger partial charge in [-0.25, -0.2) is 22.8 Å². The summed E-state index contributed by atoms with van der Waals surface area (Å²) in [5.41, 5.74) is 7.50. The predicted octanol–water partition coefficient (Wildman–Crippen LogP) is 3.34. The number of benzene rings is 2. The highest BCUT2D eigenvalue weighted by molar-refractivity contribution is 7.89. The number of hydrogen-bond acceptors (Lipinski definition) is 7. The Morgan fingerprint density at radius 1 is 1.11 bits per heavy atom. The number of ether oxygens (including phenoxy) is 1. The summed E-state index contributed by atoms with van der Waals surface area (Å²) in [5.74, 6) is -0.944. The molecule has 0 saturated carbocycles. The molecule has 1 atom stereocenters. The zero-order valence-corrected chi connectivity index (χ0v) is 21.7. The van der Waals surface area contributed by atoms with E-state index in [0.29, 0.717) is 43.9 Å². The van der Waals surface area contributed by atoms with E-state index in [4.69, 9.17) is 10.5 Å². The highest BCUT2D eigenvalue weighted by Crippen LogP contribution is 2.30. The van der Waals surface area contributed by atoms with E-state index in [2.05, 4.69) is 15.3 Å². The number of carbonyl (C=O) groups excluding carboxylic acids is 1. The molecule has 11 heteroatoms. The summed E-state index contributed by atoms with van der Waals surface area (Å²) in [4.78, 5) is 22.1. The van der Waals surface area contributed by atoms with Crippen LogP contribution in [0.25, 0.3) is 11.3 Å². The summed E-state index contributed by atoms with van der Waals surface area (Å²) in [6, 6.07) is 12.0. The molecule has 1 aromatic heterocycles. The molecule has 3 aromatic rings. The van der Waals surface area contributed by atoms with Gasteiger partial charge in [0.1, 0.15) is 17.3 Å². The van der Waals surface area contributed by atoms with Crippen LogP contribution < -0.4 is 11.1 Å². The molecule has 38 heavy (non-hydrogen) atoms. The fourth-order valence-corrected chi connectivity index (χ4v) is 6.49. The van der Waals surface area contributed by atoms with Crippen LogP contribution in [0, 0.1) is 5.82 Å². The van der Waals surface area contributed by atoms with Gasteiger partial charge in [-0.3, -0.25) is 4.79 Å². The van der Waals surface area contributed by atoms with Gasteiger partial charge in [0.2, 0.25) is 10.0 Å². The van der Waals surface area contributed by atoms with Crippen molar-refractivity contribution in [2.45, 2.75) is 42.5 Å². The third-order valence-electron chi connectivity index (χ3n) is 7.05. The fourth-order valence-electron chi connectivity index (χ4n) is 4.94. The van der Waals surface area contributed by atoms with Crippen LogP contribution in [-0.4, -0.2) is 60.9 Å². The molecule has 2 fully saturated rings. The number of anilines is 1. The molecule has 200 valence electrons. The second-order valence-electron chi connectivity index (χ2n) is 9.60. The Hall–Kier alpha value is -3.41. The zero-order chi connectivity index (χ0) is 26.7. The van der Waals surface area contributed by atoms with Crippen molar-refractivity contribution < 1.29 is 22.3 Å². The van der Waals surface area contributed by atoms with E-state index in [1.165, 1.54) is 16.4 Å². The third kappa shape index (κ3) is 5.54. The third-order valence-corrected chi connectivity index (χ3v) is 8.93. The smallest absolute Gasteiger partial charge is 0.254 e. The topological polar surface area (TPSA) is 128 Å². The molecule has 3 heterocycles. The summed E-state index contributed by atoms with van der Waals surface area (Å²) in [7, 11) is -3.68. The first-order chi connectivity index (χ1) is 18.3. The Balaban J connectivity index is 1.29. The zero-order valence-electron chi connectivity index (χ0n) is 20.8. The Morgan fingerprint density at radius 3 is 2.61 bits per heavy atom. The van der Waals surface area contributed by atoms with Crippen LogP contribution in [0.2, 0.25) is 0 Å². The number of nitrogens with one attached hydrogen (secondary N) is 1. The molecule has 5 rings (SSSR count). The molecule has 9 nitrogen and oxygen atoms in total. The Kier molecular flexibility index (Phi) is 7.68. The van der Waals surface area contributed by atoms with E-state index in [9.17, 15) is 13.2 Å². The molecule has 2 aromatic carbocycles. The molecule has 2 aliphatic rings. The summed E-state index contributed by atoms with van der Waals surface area (Å²) in [5, 5.41) is 2.80. The summed E-state index contributed by atoms with van der Waals surface area (Å²) in [6.07, 6.45) is 4.49. The lowest BCUT2D eigenvalue weighted by atomic mass is 9.96. The molecular formula is C27H30FN5O4S. The van der Waals surface area contributed by atoms with Crippen LogP contribution in [0.3, 0.4) is 0 Å². The first-order valence-electron chi connectivity index (χ1n) is 12.7. The summed E-state index contributed by atoms with van der Waals surface area (Å²) < 4.78 is 47.9. The molecule has 0 aliphatic carbocycles. The number of amides is 1. The second-order valence-corrected chi connectivity index (χ2v) is 11.5. The Labute approximate surface area is 221 Å². The lowest BCUT2D eigenvalue weighted by molar-refractivity contribution is 0.0844. The highest BCUT2D eigenvalue weighted by Gasteiger charge is 2.31. The minimum absolute atomic E-state index is 0.119. The average Bonchev–Trinajstić information content (AvgIpc) is 2.94. The van der Waals surface area contributed by atoms with Crippen LogP contribution in [0.15, 0.2) is 59.6 Å². The minimum atomic E-state index is -3.68. The lowest BCUT2D eigenvalue weighted by Gasteiger charge is -2.32. The second kappa shape index (κ2) is 11.1. The number of rotatable bonds is 6. The molecule has 0 radical (unpaired) electrons. The van der Waals surface area contributed by atoms with E-state index in [0.717, 1.165) is 18.5 Å². The van der Waals surface area contributed by atoms with Gasteiger partial charge in [-0.1, -0.05) is 24.3 Å². The molecule has 0 spiro atoms. The minimum Gasteiger partial charge on any atom is -0.382 e. The number of aromatic nitrogens is 2. The number of nitrogens with zero attached hydrogens (tertiary/aromatic N) is 3. The number of sulfonamides is 1. The van der Waals surface area contributed by atoms with Gasteiger partial charge in [0.15, 0.2) is 0 Å². The number of carbonyl (C=O) groups is 1. The van der Waals surface area contributed by atoms with Crippen molar-refractivity contribution in [2.24, 2.45) is 0 Å². The van der Waals surface area contributed by atoms with Crippen LogP contribution in [-0.2, 0) is 14.8 Å². The van der Waals surface area contributed by atoms with Crippen molar-refractivity contribution in [3.8, 4) is 11.3 Å². The van der Waals surface area contributed by atoms with Crippen LogP contribution in [0.5, 0.6) is 0 Å². The van der Waals surface area contributed by atoms with Crippen LogP contribution >= 0.6 is 0 Å². The van der Waals surface area contributed by atoms with E-state index in [1.54, 1.807) is 42.6 Å². The van der Waals surface area contributed by atoms with Crippen molar-refractivity contribution in [3.05, 3.63) is 71.8 Å². The maximum Gasteiger partial charge on any atom is 0.254 e. The van der Waals surface area contributed by atoms with Crippen molar-refractivity contribution in [1.29, 1.82) is 0 Å². The van der Waals surface area contributed by atoms with E-state index in [-0.39, 0.29) is 28.7 Å². The van der Waals surface area contributed by atoms with Crippen molar-refractivity contribution in [3.63, 3.8) is 0 Å². The van der Waals surface area contributed by atoms with Crippen molar-refractivity contribution in [2.75, 3.05) is 32.0 Å². The first-order valence-corrected chi connectivity index (χ1v) is 14.1. The SMILES string of the molecule is Nc1ncc(C2CCOCC2)nc1-c1ccc(C(=O)NC2CCCN(S(=O)(=O)c3ccccc3)C2)c(F)c1. The largest absolute Gasteiger partial charge is 0.382 e. The summed E-state index contributed by atoms with van der Waals surface area (Å²) >= 11 is 0. The lowest BCUT2D eigenvalue weighted by Crippen LogP contribution is -2.49. The predicted molar refractivity (Wildman–Crippen MR) is 140 cm³/mol. The van der Waals surface area contributed by atoms with Gasteiger partial charge in [0.05, 0.1) is 22.3 Å².